The zero-order chi connectivity index (χ0) is 17.2. The molecule has 1 N–H and O–H groups in total. The number of carbonyl (C=O) groups is 1. The molecule has 0 radical (unpaired) electrons. The van der Waals surface area contributed by atoms with Crippen molar-refractivity contribution in [3.63, 3.8) is 0 Å². The number of methoxy groups -OCH3 is 1. The van der Waals surface area contributed by atoms with Gasteiger partial charge in [-0.2, -0.15) is 0 Å². The molecule has 0 atom stereocenters. The Morgan fingerprint density at radius 1 is 1.32 bits per heavy atom. The molecule has 6 nitrogen and oxygen atoms in total. The van der Waals surface area contributed by atoms with Crippen LogP contribution in [-0.4, -0.2) is 42.1 Å². The molecule has 25 heavy (non-hydrogen) atoms. The third kappa shape index (κ3) is 3.15. The number of rotatable bonds is 5. The van der Waals surface area contributed by atoms with Gasteiger partial charge in [0.1, 0.15) is 17.9 Å². The van der Waals surface area contributed by atoms with Crippen LogP contribution in [0.2, 0.25) is 0 Å². The number of amides is 1. The molecular formula is C18H18N4O2S. The van der Waals surface area contributed by atoms with Crippen LogP contribution in [0, 0.1) is 0 Å². The van der Waals surface area contributed by atoms with Crippen molar-refractivity contribution in [3.8, 4) is 5.75 Å². The predicted molar refractivity (Wildman–Crippen MR) is 98.3 cm³/mol. The van der Waals surface area contributed by atoms with E-state index in [2.05, 4.69) is 20.2 Å². The number of aromatic nitrogens is 2. The van der Waals surface area contributed by atoms with Crippen LogP contribution in [0.25, 0.3) is 10.2 Å². The lowest BCUT2D eigenvalue weighted by Crippen LogP contribution is -2.60. The van der Waals surface area contributed by atoms with E-state index in [1.165, 1.54) is 0 Å². The maximum absolute atomic E-state index is 12.3. The lowest BCUT2D eigenvalue weighted by Gasteiger charge is -2.40. The van der Waals surface area contributed by atoms with E-state index in [0.29, 0.717) is 6.42 Å². The normalized spacial score (nSPS) is 14.4. The van der Waals surface area contributed by atoms with Crippen LogP contribution < -0.4 is 15.0 Å². The molecule has 128 valence electrons. The number of thiophene rings is 1. The molecular weight excluding hydrogens is 336 g/mol. The van der Waals surface area contributed by atoms with Crippen LogP contribution in [0.1, 0.15) is 5.56 Å². The van der Waals surface area contributed by atoms with Gasteiger partial charge in [0.15, 0.2) is 0 Å². The number of ether oxygens (including phenoxy) is 1. The van der Waals surface area contributed by atoms with Crippen LogP contribution in [0.3, 0.4) is 0 Å². The van der Waals surface area contributed by atoms with E-state index >= 15 is 0 Å². The standard InChI is InChI=1S/C18H18N4O2S/c1-24-15-5-3-2-4-12(15)8-16(23)21-13-9-22(10-13)18-17-14(6-7-25-17)19-11-20-18/h2-7,11,13H,8-10H2,1H3,(H,21,23). The minimum absolute atomic E-state index is 0.0121. The van der Waals surface area contributed by atoms with Gasteiger partial charge in [0.25, 0.3) is 0 Å². The Labute approximate surface area is 149 Å². The number of carbonyl (C=O) groups excluding carboxylic acids is 1. The highest BCUT2D eigenvalue weighted by atomic mass is 32.1. The third-order valence-corrected chi connectivity index (χ3v) is 5.21. The Kier molecular flexibility index (Phi) is 4.23. The van der Waals surface area contributed by atoms with Gasteiger partial charge in [-0.25, -0.2) is 9.97 Å². The van der Waals surface area contributed by atoms with Gasteiger partial charge in [-0.15, -0.1) is 11.3 Å². The van der Waals surface area contributed by atoms with Crippen molar-refractivity contribution in [2.45, 2.75) is 12.5 Å². The first-order valence-electron chi connectivity index (χ1n) is 8.09. The maximum atomic E-state index is 12.3. The second kappa shape index (κ2) is 6.68. The van der Waals surface area contributed by atoms with Crippen LogP contribution in [0.5, 0.6) is 5.75 Å². The molecule has 0 unspecified atom stereocenters. The summed E-state index contributed by atoms with van der Waals surface area (Å²) in [6, 6.07) is 9.74. The second-order valence-electron chi connectivity index (χ2n) is 5.99. The van der Waals surface area contributed by atoms with E-state index in [1.807, 2.05) is 35.7 Å². The Morgan fingerprint density at radius 2 is 2.16 bits per heavy atom. The van der Waals surface area contributed by atoms with Crippen molar-refractivity contribution in [1.29, 1.82) is 0 Å². The molecule has 0 saturated carbocycles. The van der Waals surface area contributed by atoms with Crippen molar-refractivity contribution >= 4 is 33.3 Å². The van der Waals surface area contributed by atoms with Gasteiger partial charge in [0.2, 0.25) is 5.91 Å². The highest BCUT2D eigenvalue weighted by Crippen LogP contribution is 2.30. The number of benzene rings is 1. The Morgan fingerprint density at radius 3 is 3.00 bits per heavy atom. The van der Waals surface area contributed by atoms with E-state index in [-0.39, 0.29) is 11.9 Å². The largest absolute Gasteiger partial charge is 0.496 e. The second-order valence-corrected chi connectivity index (χ2v) is 6.91. The van der Waals surface area contributed by atoms with Crippen molar-refractivity contribution in [1.82, 2.24) is 15.3 Å². The summed E-state index contributed by atoms with van der Waals surface area (Å²) < 4.78 is 6.40. The molecule has 3 heterocycles. The molecule has 4 rings (SSSR count). The van der Waals surface area contributed by atoms with E-state index in [1.54, 1.807) is 24.8 Å². The van der Waals surface area contributed by atoms with Gasteiger partial charge in [0.05, 0.1) is 29.8 Å². The number of hydrogen-bond acceptors (Lipinski definition) is 6. The number of nitrogens with zero attached hydrogens (tertiary/aromatic N) is 3. The van der Waals surface area contributed by atoms with Crippen molar-refractivity contribution in [3.05, 3.63) is 47.6 Å². The zero-order valence-corrected chi connectivity index (χ0v) is 14.6. The van der Waals surface area contributed by atoms with E-state index in [0.717, 1.165) is 40.4 Å². The smallest absolute Gasteiger partial charge is 0.224 e. The number of anilines is 1. The number of para-hydroxylation sites is 1. The monoisotopic (exact) mass is 354 g/mol. The summed E-state index contributed by atoms with van der Waals surface area (Å²) in [5.41, 5.74) is 1.87. The van der Waals surface area contributed by atoms with Crippen LogP contribution >= 0.6 is 11.3 Å². The Bertz CT molecular complexity index is 905. The summed E-state index contributed by atoms with van der Waals surface area (Å²) in [6.45, 7) is 1.53. The molecule has 0 bridgehead atoms. The molecule has 1 amide bonds. The molecule has 7 heteroatoms. The summed E-state index contributed by atoms with van der Waals surface area (Å²) in [4.78, 5) is 23.1. The lowest BCUT2D eigenvalue weighted by atomic mass is 10.1. The van der Waals surface area contributed by atoms with Crippen LogP contribution in [0.4, 0.5) is 5.82 Å². The van der Waals surface area contributed by atoms with Gasteiger partial charge in [-0.3, -0.25) is 4.79 Å². The molecule has 0 spiro atoms. The Balaban J connectivity index is 1.35. The van der Waals surface area contributed by atoms with Gasteiger partial charge in [-0.05, 0) is 17.5 Å². The number of hydrogen-bond donors (Lipinski definition) is 1. The van der Waals surface area contributed by atoms with Crippen molar-refractivity contribution in [2.24, 2.45) is 0 Å². The Hall–Kier alpha value is -2.67. The summed E-state index contributed by atoms with van der Waals surface area (Å²) in [6.07, 6.45) is 1.92. The first-order chi connectivity index (χ1) is 12.2. The fourth-order valence-corrected chi connectivity index (χ4v) is 3.91. The quantitative estimate of drug-likeness (QED) is 0.761. The molecule has 1 aromatic carbocycles. The van der Waals surface area contributed by atoms with Gasteiger partial charge in [0, 0.05) is 18.7 Å². The van der Waals surface area contributed by atoms with Gasteiger partial charge < -0.3 is 15.0 Å². The first kappa shape index (κ1) is 15.8. The summed E-state index contributed by atoms with van der Waals surface area (Å²) >= 11 is 1.64. The number of nitrogens with one attached hydrogen (secondary N) is 1. The third-order valence-electron chi connectivity index (χ3n) is 4.31. The zero-order valence-electron chi connectivity index (χ0n) is 13.8. The SMILES string of the molecule is COc1ccccc1CC(=O)NC1CN(c2ncnc3ccsc23)C1. The van der Waals surface area contributed by atoms with Crippen LogP contribution in [0.15, 0.2) is 42.0 Å². The predicted octanol–water partition coefficient (Wildman–Crippen LogP) is 2.25. The molecule has 1 aliphatic heterocycles. The first-order valence-corrected chi connectivity index (χ1v) is 8.97. The minimum atomic E-state index is 0.0121. The fraction of sp³-hybridized carbons (Fsp3) is 0.278. The lowest BCUT2D eigenvalue weighted by molar-refractivity contribution is -0.121. The highest BCUT2D eigenvalue weighted by molar-refractivity contribution is 7.17. The topological polar surface area (TPSA) is 67.3 Å². The van der Waals surface area contributed by atoms with Crippen molar-refractivity contribution < 1.29 is 9.53 Å². The van der Waals surface area contributed by atoms with Crippen LogP contribution in [-0.2, 0) is 11.2 Å². The molecule has 1 fully saturated rings. The van der Waals surface area contributed by atoms with E-state index in [4.69, 9.17) is 4.74 Å². The average Bonchev–Trinajstić information content (AvgIpc) is 3.07. The van der Waals surface area contributed by atoms with Crippen molar-refractivity contribution in [2.75, 3.05) is 25.1 Å². The van der Waals surface area contributed by atoms with Gasteiger partial charge >= 0.3 is 0 Å². The fourth-order valence-electron chi connectivity index (χ4n) is 3.04. The minimum Gasteiger partial charge on any atom is -0.496 e. The molecule has 0 aliphatic carbocycles. The molecule has 1 saturated heterocycles. The molecule has 1 aliphatic rings. The summed E-state index contributed by atoms with van der Waals surface area (Å²) in [5, 5.41) is 5.10. The number of fused-ring (bicyclic) bond motifs is 1. The van der Waals surface area contributed by atoms with E-state index < -0.39 is 0 Å². The molecule has 2 aromatic heterocycles. The molecule has 3 aromatic rings. The summed E-state index contributed by atoms with van der Waals surface area (Å²) in [5.74, 6) is 1.71. The maximum Gasteiger partial charge on any atom is 0.224 e. The van der Waals surface area contributed by atoms with E-state index in [9.17, 15) is 4.79 Å². The highest BCUT2D eigenvalue weighted by Gasteiger charge is 2.30. The summed E-state index contributed by atoms with van der Waals surface area (Å²) in [7, 11) is 1.62. The van der Waals surface area contributed by atoms with Gasteiger partial charge in [-0.1, -0.05) is 18.2 Å². The average molecular weight is 354 g/mol.